The van der Waals surface area contributed by atoms with Gasteiger partial charge in [-0.1, -0.05) is 6.07 Å². The molecule has 0 aliphatic heterocycles. The molecule has 0 heterocycles. The maximum atomic E-state index is 11.1. The first-order chi connectivity index (χ1) is 8.51. The number of rotatable bonds is 6. The number of aliphatic hydroxyl groups is 2. The van der Waals surface area contributed by atoms with E-state index in [4.69, 9.17) is 5.11 Å². The summed E-state index contributed by atoms with van der Waals surface area (Å²) in [5.74, 6) is 0. The van der Waals surface area contributed by atoms with Gasteiger partial charge in [0.05, 0.1) is 17.6 Å². The number of nitrogens with zero attached hydrogens (tertiary/aromatic N) is 2. The Morgan fingerprint density at radius 3 is 2.61 bits per heavy atom. The molecule has 1 rings (SSSR count). The number of hydrogen-bond donors (Lipinski definition) is 2. The highest BCUT2D eigenvalue weighted by Gasteiger charge is 2.20. The van der Waals surface area contributed by atoms with Crippen LogP contribution < -0.4 is 4.90 Å². The van der Waals surface area contributed by atoms with Crippen LogP contribution >= 0.6 is 0 Å². The van der Waals surface area contributed by atoms with Gasteiger partial charge in [-0.05, 0) is 25.5 Å². The Balaban J connectivity index is 3.21. The van der Waals surface area contributed by atoms with E-state index in [9.17, 15) is 15.2 Å². The summed E-state index contributed by atoms with van der Waals surface area (Å²) in [6.45, 7) is 4.26. The number of likely N-dealkylation sites (N-methyl/N-ethyl adjacent to an activating group) is 1. The van der Waals surface area contributed by atoms with Crippen molar-refractivity contribution in [2.75, 3.05) is 24.6 Å². The fraction of sp³-hybridized carbons (Fsp3) is 0.500. The third-order valence-electron chi connectivity index (χ3n) is 2.77. The van der Waals surface area contributed by atoms with E-state index in [1.807, 2.05) is 6.92 Å². The van der Waals surface area contributed by atoms with Crippen molar-refractivity contribution in [1.29, 1.82) is 0 Å². The van der Waals surface area contributed by atoms with Gasteiger partial charge < -0.3 is 15.1 Å². The van der Waals surface area contributed by atoms with E-state index in [-0.39, 0.29) is 12.3 Å². The van der Waals surface area contributed by atoms with E-state index in [1.54, 1.807) is 24.0 Å². The molecule has 2 N–H and O–H groups in total. The van der Waals surface area contributed by atoms with Crippen LogP contribution in [0.5, 0.6) is 0 Å². The molecule has 6 nitrogen and oxygen atoms in total. The molecule has 0 fully saturated rings. The molecule has 1 aromatic carbocycles. The van der Waals surface area contributed by atoms with Crippen LogP contribution in [0, 0.1) is 10.1 Å². The summed E-state index contributed by atoms with van der Waals surface area (Å²) in [5.41, 5.74) is 0.912. The minimum atomic E-state index is -0.745. The fourth-order valence-electron chi connectivity index (χ4n) is 1.78. The van der Waals surface area contributed by atoms with Crippen LogP contribution in [0.4, 0.5) is 11.4 Å². The molecule has 1 aromatic rings. The lowest BCUT2D eigenvalue weighted by atomic mass is 10.1. The van der Waals surface area contributed by atoms with E-state index in [0.29, 0.717) is 24.3 Å². The van der Waals surface area contributed by atoms with Crippen LogP contribution in [0.15, 0.2) is 18.2 Å². The summed E-state index contributed by atoms with van der Waals surface area (Å²) in [5, 5.41) is 29.4. The highest BCUT2D eigenvalue weighted by atomic mass is 16.6. The van der Waals surface area contributed by atoms with E-state index in [1.165, 1.54) is 6.07 Å². The topological polar surface area (TPSA) is 86.8 Å². The number of benzene rings is 1. The second-order valence-electron chi connectivity index (χ2n) is 3.98. The predicted octanol–water partition coefficient (Wildman–Crippen LogP) is 1.47. The fourth-order valence-corrected chi connectivity index (χ4v) is 1.78. The molecule has 18 heavy (non-hydrogen) atoms. The summed E-state index contributed by atoms with van der Waals surface area (Å²) >= 11 is 0. The van der Waals surface area contributed by atoms with Gasteiger partial charge >= 0.3 is 0 Å². The Morgan fingerprint density at radius 2 is 2.17 bits per heavy atom. The van der Waals surface area contributed by atoms with Crippen molar-refractivity contribution < 1.29 is 15.1 Å². The van der Waals surface area contributed by atoms with Crippen LogP contribution in [-0.4, -0.2) is 34.8 Å². The zero-order valence-corrected chi connectivity index (χ0v) is 10.5. The van der Waals surface area contributed by atoms with E-state index in [2.05, 4.69) is 0 Å². The summed E-state index contributed by atoms with van der Waals surface area (Å²) in [6.07, 6.45) is -0.745. The van der Waals surface area contributed by atoms with Crippen LogP contribution in [0.3, 0.4) is 0 Å². The van der Waals surface area contributed by atoms with Gasteiger partial charge in [0.25, 0.3) is 5.69 Å². The number of anilines is 1. The molecule has 0 amide bonds. The molecule has 6 heteroatoms. The van der Waals surface area contributed by atoms with Crippen LogP contribution in [0.1, 0.15) is 25.5 Å². The molecule has 1 atom stereocenters. The molecule has 0 bridgehead atoms. The minimum Gasteiger partial charge on any atom is -0.395 e. The van der Waals surface area contributed by atoms with Gasteiger partial charge in [-0.3, -0.25) is 10.1 Å². The van der Waals surface area contributed by atoms with Gasteiger partial charge in [-0.25, -0.2) is 0 Å². The van der Waals surface area contributed by atoms with Crippen molar-refractivity contribution in [1.82, 2.24) is 0 Å². The van der Waals surface area contributed by atoms with Gasteiger partial charge in [0.15, 0.2) is 0 Å². The first-order valence-electron chi connectivity index (χ1n) is 5.83. The molecule has 0 aliphatic carbocycles. The maximum Gasteiger partial charge on any atom is 0.292 e. The minimum absolute atomic E-state index is 0.0521. The number of hydrogen-bond acceptors (Lipinski definition) is 5. The van der Waals surface area contributed by atoms with Crippen LogP contribution in [0.25, 0.3) is 0 Å². The molecule has 0 aliphatic rings. The Hall–Kier alpha value is -1.66. The highest BCUT2D eigenvalue weighted by Crippen LogP contribution is 2.30. The summed E-state index contributed by atoms with van der Waals surface area (Å²) < 4.78 is 0. The average Bonchev–Trinajstić information content (AvgIpc) is 2.35. The van der Waals surface area contributed by atoms with E-state index < -0.39 is 11.0 Å². The first-order valence-corrected chi connectivity index (χ1v) is 5.83. The monoisotopic (exact) mass is 254 g/mol. The van der Waals surface area contributed by atoms with Crippen molar-refractivity contribution >= 4 is 11.4 Å². The second kappa shape index (κ2) is 6.32. The molecule has 0 radical (unpaired) electrons. The molecule has 1 unspecified atom stereocenters. The van der Waals surface area contributed by atoms with Crippen molar-refractivity contribution in [2.24, 2.45) is 0 Å². The predicted molar refractivity (Wildman–Crippen MR) is 68.7 cm³/mol. The van der Waals surface area contributed by atoms with Crippen molar-refractivity contribution in [3.63, 3.8) is 0 Å². The molecule has 100 valence electrons. The number of nitro benzene ring substituents is 1. The quantitative estimate of drug-likeness (QED) is 0.593. The summed E-state index contributed by atoms with van der Waals surface area (Å²) in [6, 6.07) is 4.65. The van der Waals surface area contributed by atoms with Crippen molar-refractivity contribution in [2.45, 2.75) is 20.0 Å². The Bertz CT molecular complexity index is 421. The van der Waals surface area contributed by atoms with Gasteiger partial charge in [-0.15, -0.1) is 0 Å². The molecule has 0 spiro atoms. The van der Waals surface area contributed by atoms with Gasteiger partial charge in [-0.2, -0.15) is 0 Å². The van der Waals surface area contributed by atoms with Crippen molar-refractivity contribution in [3.8, 4) is 0 Å². The molecule has 0 saturated carbocycles. The molecule has 0 aromatic heterocycles. The van der Waals surface area contributed by atoms with E-state index in [0.717, 1.165) is 0 Å². The summed E-state index contributed by atoms with van der Waals surface area (Å²) in [4.78, 5) is 12.3. The van der Waals surface area contributed by atoms with Crippen molar-refractivity contribution in [3.05, 3.63) is 33.9 Å². The highest BCUT2D eigenvalue weighted by molar-refractivity contribution is 5.64. The zero-order valence-electron chi connectivity index (χ0n) is 10.5. The van der Waals surface area contributed by atoms with Crippen LogP contribution in [0.2, 0.25) is 0 Å². The lowest BCUT2D eigenvalue weighted by molar-refractivity contribution is -0.384. The first kappa shape index (κ1) is 14.4. The van der Waals surface area contributed by atoms with Crippen LogP contribution in [-0.2, 0) is 0 Å². The Labute approximate surface area is 106 Å². The largest absolute Gasteiger partial charge is 0.395 e. The van der Waals surface area contributed by atoms with Gasteiger partial charge in [0.1, 0.15) is 5.69 Å². The standard InChI is InChI=1S/C12H18N2O4/c1-3-13(6-7-15)11-5-4-10(9(2)16)8-12(11)14(17)18/h4-5,8-9,15-16H,3,6-7H2,1-2H3. The lowest BCUT2D eigenvalue weighted by Gasteiger charge is -2.22. The Kier molecular flexibility index (Phi) is 5.06. The molecular formula is C12H18N2O4. The number of nitro groups is 1. The lowest BCUT2D eigenvalue weighted by Crippen LogP contribution is -2.26. The van der Waals surface area contributed by atoms with Gasteiger partial charge in [0, 0.05) is 19.2 Å². The molecule has 0 saturated heterocycles. The second-order valence-corrected chi connectivity index (χ2v) is 3.98. The van der Waals surface area contributed by atoms with E-state index >= 15 is 0 Å². The smallest absolute Gasteiger partial charge is 0.292 e. The third kappa shape index (κ3) is 3.18. The Morgan fingerprint density at radius 1 is 1.50 bits per heavy atom. The van der Waals surface area contributed by atoms with Gasteiger partial charge in [0.2, 0.25) is 0 Å². The number of aliphatic hydroxyl groups excluding tert-OH is 2. The zero-order chi connectivity index (χ0) is 13.7. The average molecular weight is 254 g/mol. The summed E-state index contributed by atoms with van der Waals surface area (Å²) in [7, 11) is 0. The third-order valence-corrected chi connectivity index (χ3v) is 2.77. The SMILES string of the molecule is CCN(CCO)c1ccc(C(C)O)cc1[N+](=O)[O-]. The molecular weight excluding hydrogens is 236 g/mol. The normalized spacial score (nSPS) is 12.2. The maximum absolute atomic E-state index is 11.1.